The molecule has 0 radical (unpaired) electrons. The molecule has 0 aliphatic rings. The molecule has 17 heavy (non-hydrogen) atoms. The Morgan fingerprint density at radius 1 is 1.53 bits per heavy atom. The number of anilines is 2. The van der Waals surface area contributed by atoms with Gasteiger partial charge in [-0.1, -0.05) is 15.9 Å². The Bertz CT molecular complexity index is 564. The first-order chi connectivity index (χ1) is 8.08. The highest BCUT2D eigenvalue weighted by atomic mass is 79.9. The molecule has 2 aromatic rings. The van der Waals surface area contributed by atoms with E-state index in [4.69, 9.17) is 5.73 Å². The van der Waals surface area contributed by atoms with E-state index in [1.54, 1.807) is 0 Å². The van der Waals surface area contributed by atoms with E-state index in [2.05, 4.69) is 31.4 Å². The summed E-state index contributed by atoms with van der Waals surface area (Å²) < 4.78 is 0.997. The van der Waals surface area contributed by atoms with Crippen LogP contribution >= 0.6 is 15.9 Å². The van der Waals surface area contributed by atoms with Gasteiger partial charge in [0.1, 0.15) is 5.69 Å². The van der Waals surface area contributed by atoms with Gasteiger partial charge in [0.15, 0.2) is 0 Å². The third kappa shape index (κ3) is 2.47. The van der Waals surface area contributed by atoms with Crippen molar-refractivity contribution < 1.29 is 4.79 Å². The lowest BCUT2D eigenvalue weighted by atomic mass is 10.2. The maximum atomic E-state index is 11.8. The number of carbonyl (C=O) groups excluding carboxylic acids is 1. The third-order valence-electron chi connectivity index (χ3n) is 2.31. The minimum absolute atomic E-state index is 0.269. The summed E-state index contributed by atoms with van der Waals surface area (Å²) in [6.07, 6.45) is 1.40. The lowest BCUT2D eigenvalue weighted by Crippen LogP contribution is -2.14. The number of hydrogen-bond acceptors (Lipinski definition) is 3. The van der Waals surface area contributed by atoms with Crippen LogP contribution in [0.5, 0.6) is 0 Å². The van der Waals surface area contributed by atoms with E-state index in [1.165, 1.54) is 6.20 Å². The van der Waals surface area contributed by atoms with E-state index >= 15 is 0 Å². The first-order valence-electron chi connectivity index (χ1n) is 4.94. The molecule has 0 fully saturated rings. The smallest absolute Gasteiger partial charge is 0.275 e. The Kier molecular flexibility index (Phi) is 3.14. The van der Waals surface area contributed by atoms with Crippen molar-refractivity contribution in [3.63, 3.8) is 0 Å². The quantitative estimate of drug-likeness (QED) is 0.795. The number of aromatic amines is 1. The van der Waals surface area contributed by atoms with Crippen molar-refractivity contribution in [2.75, 3.05) is 11.1 Å². The van der Waals surface area contributed by atoms with Crippen LogP contribution in [0.4, 0.5) is 11.4 Å². The van der Waals surface area contributed by atoms with Gasteiger partial charge in [0.05, 0.1) is 11.9 Å². The van der Waals surface area contributed by atoms with Gasteiger partial charge < -0.3 is 11.1 Å². The van der Waals surface area contributed by atoms with E-state index in [0.717, 1.165) is 10.0 Å². The number of aromatic nitrogens is 2. The maximum absolute atomic E-state index is 11.8. The van der Waals surface area contributed by atoms with Gasteiger partial charge in [-0.25, -0.2) is 0 Å². The monoisotopic (exact) mass is 294 g/mol. The Balaban J connectivity index is 2.19. The molecule has 0 atom stereocenters. The van der Waals surface area contributed by atoms with Crippen molar-refractivity contribution in [1.82, 2.24) is 10.2 Å². The number of rotatable bonds is 2. The number of nitrogens with one attached hydrogen (secondary N) is 2. The molecule has 0 saturated carbocycles. The van der Waals surface area contributed by atoms with Crippen molar-refractivity contribution in [2.45, 2.75) is 6.92 Å². The minimum atomic E-state index is -0.304. The second-order valence-corrected chi connectivity index (χ2v) is 4.47. The summed E-state index contributed by atoms with van der Waals surface area (Å²) in [6.45, 7) is 1.95. The average Bonchev–Trinajstić information content (AvgIpc) is 2.70. The van der Waals surface area contributed by atoms with Crippen molar-refractivity contribution in [3.8, 4) is 0 Å². The molecule has 0 saturated heterocycles. The number of halogens is 1. The highest BCUT2D eigenvalue weighted by Crippen LogP contribution is 2.20. The largest absolute Gasteiger partial charge is 0.396 e. The number of carbonyl (C=O) groups is 1. The Labute approximate surface area is 107 Å². The molecule has 1 aromatic carbocycles. The van der Waals surface area contributed by atoms with Crippen LogP contribution < -0.4 is 11.1 Å². The van der Waals surface area contributed by atoms with Crippen LogP contribution in [0.1, 0.15) is 16.1 Å². The molecular formula is C11H11BrN4O. The standard InChI is InChI=1S/C11H11BrN4O/c1-6-4-7(2-3-8(6)12)15-11(17)10-9(13)5-14-16-10/h2-5H,13H2,1H3,(H,14,16)(H,15,17). The molecule has 1 aromatic heterocycles. The molecule has 0 aliphatic carbocycles. The Morgan fingerprint density at radius 2 is 2.29 bits per heavy atom. The van der Waals surface area contributed by atoms with Crippen LogP contribution in [-0.4, -0.2) is 16.1 Å². The number of H-pyrrole nitrogens is 1. The van der Waals surface area contributed by atoms with Gasteiger partial charge in [-0.15, -0.1) is 0 Å². The second kappa shape index (κ2) is 4.58. The van der Waals surface area contributed by atoms with E-state index in [0.29, 0.717) is 11.4 Å². The average molecular weight is 295 g/mol. The zero-order valence-corrected chi connectivity index (χ0v) is 10.7. The molecule has 6 heteroatoms. The number of benzene rings is 1. The van der Waals surface area contributed by atoms with Gasteiger partial charge in [-0.3, -0.25) is 9.89 Å². The third-order valence-corrected chi connectivity index (χ3v) is 3.20. The number of nitrogen functional groups attached to an aromatic ring is 1. The van der Waals surface area contributed by atoms with Gasteiger partial charge in [-0.2, -0.15) is 5.10 Å². The predicted molar refractivity (Wildman–Crippen MR) is 69.8 cm³/mol. The van der Waals surface area contributed by atoms with Gasteiger partial charge in [-0.05, 0) is 30.7 Å². The van der Waals surface area contributed by atoms with Crippen molar-refractivity contribution in [1.29, 1.82) is 0 Å². The molecule has 0 bridgehead atoms. The fourth-order valence-corrected chi connectivity index (χ4v) is 1.64. The summed E-state index contributed by atoms with van der Waals surface area (Å²) in [6, 6.07) is 5.55. The fourth-order valence-electron chi connectivity index (χ4n) is 1.39. The molecule has 5 nitrogen and oxygen atoms in total. The molecule has 0 unspecified atom stereocenters. The topological polar surface area (TPSA) is 83.8 Å². The van der Waals surface area contributed by atoms with Crippen LogP contribution in [0.2, 0.25) is 0 Å². The summed E-state index contributed by atoms with van der Waals surface area (Å²) in [5.41, 5.74) is 7.94. The van der Waals surface area contributed by atoms with E-state index < -0.39 is 0 Å². The molecule has 4 N–H and O–H groups in total. The molecule has 1 amide bonds. The molecular weight excluding hydrogens is 284 g/mol. The zero-order chi connectivity index (χ0) is 12.4. The van der Waals surface area contributed by atoms with Gasteiger partial charge in [0, 0.05) is 10.2 Å². The van der Waals surface area contributed by atoms with Crippen LogP contribution in [0.25, 0.3) is 0 Å². The van der Waals surface area contributed by atoms with Crippen LogP contribution in [0.15, 0.2) is 28.9 Å². The summed E-state index contributed by atoms with van der Waals surface area (Å²) in [7, 11) is 0. The van der Waals surface area contributed by atoms with Crippen LogP contribution in [0, 0.1) is 6.92 Å². The lowest BCUT2D eigenvalue weighted by molar-refractivity contribution is 0.102. The van der Waals surface area contributed by atoms with E-state index in [1.807, 2.05) is 25.1 Å². The predicted octanol–water partition coefficient (Wildman–Crippen LogP) is 2.32. The van der Waals surface area contributed by atoms with E-state index in [-0.39, 0.29) is 11.6 Å². The Hall–Kier alpha value is -1.82. The van der Waals surface area contributed by atoms with Crippen LogP contribution in [0.3, 0.4) is 0 Å². The highest BCUT2D eigenvalue weighted by molar-refractivity contribution is 9.10. The maximum Gasteiger partial charge on any atom is 0.275 e. The summed E-state index contributed by atoms with van der Waals surface area (Å²) in [5, 5.41) is 9.00. The number of nitrogens with two attached hydrogens (primary N) is 1. The molecule has 88 valence electrons. The van der Waals surface area contributed by atoms with Crippen molar-refractivity contribution >= 4 is 33.2 Å². The highest BCUT2D eigenvalue weighted by Gasteiger charge is 2.11. The first kappa shape index (κ1) is 11.7. The van der Waals surface area contributed by atoms with E-state index in [9.17, 15) is 4.79 Å². The SMILES string of the molecule is Cc1cc(NC(=O)c2[nH]ncc2N)ccc1Br. The Morgan fingerprint density at radius 3 is 2.88 bits per heavy atom. The lowest BCUT2D eigenvalue weighted by Gasteiger charge is -2.06. The van der Waals surface area contributed by atoms with Gasteiger partial charge in [0.25, 0.3) is 5.91 Å². The summed E-state index contributed by atoms with van der Waals surface area (Å²) in [5.74, 6) is -0.304. The first-order valence-corrected chi connectivity index (χ1v) is 5.73. The summed E-state index contributed by atoms with van der Waals surface area (Å²) >= 11 is 3.40. The van der Waals surface area contributed by atoms with Crippen molar-refractivity contribution in [3.05, 3.63) is 40.1 Å². The normalized spacial score (nSPS) is 10.2. The molecule has 1 heterocycles. The van der Waals surface area contributed by atoms with Gasteiger partial charge in [0.2, 0.25) is 0 Å². The van der Waals surface area contributed by atoms with Crippen LogP contribution in [-0.2, 0) is 0 Å². The number of hydrogen-bond donors (Lipinski definition) is 3. The molecule has 0 aliphatic heterocycles. The minimum Gasteiger partial charge on any atom is -0.396 e. The zero-order valence-electron chi connectivity index (χ0n) is 9.12. The number of amides is 1. The van der Waals surface area contributed by atoms with Gasteiger partial charge >= 0.3 is 0 Å². The second-order valence-electron chi connectivity index (χ2n) is 3.62. The molecule has 2 rings (SSSR count). The molecule has 0 spiro atoms. The number of aryl methyl sites for hydroxylation is 1. The number of nitrogens with zero attached hydrogens (tertiary/aromatic N) is 1. The van der Waals surface area contributed by atoms with Crippen molar-refractivity contribution in [2.24, 2.45) is 0 Å². The fraction of sp³-hybridized carbons (Fsp3) is 0.0909. The summed E-state index contributed by atoms with van der Waals surface area (Å²) in [4.78, 5) is 11.8.